The zero-order valence-electron chi connectivity index (χ0n) is 8.20. The molecule has 0 saturated carbocycles. The van der Waals surface area contributed by atoms with Gasteiger partial charge in [0, 0.05) is 10.5 Å². The fourth-order valence-corrected chi connectivity index (χ4v) is 1.92. The van der Waals surface area contributed by atoms with E-state index in [0.717, 1.165) is 0 Å². The molecule has 0 amide bonds. The van der Waals surface area contributed by atoms with Crippen LogP contribution in [0.3, 0.4) is 0 Å². The third kappa shape index (κ3) is 2.59. The first kappa shape index (κ1) is 13.1. The van der Waals surface area contributed by atoms with E-state index < -0.39 is 10.9 Å². The van der Waals surface area contributed by atoms with Gasteiger partial charge in [-0.25, -0.2) is 4.79 Å². The van der Waals surface area contributed by atoms with Crippen molar-refractivity contribution in [3.05, 3.63) is 36.8 Å². The van der Waals surface area contributed by atoms with Crippen molar-refractivity contribution in [2.24, 2.45) is 0 Å². The van der Waals surface area contributed by atoms with Crippen LogP contribution in [0.2, 0.25) is 0 Å². The van der Waals surface area contributed by atoms with Crippen molar-refractivity contribution < 1.29 is 14.5 Å². The maximum Gasteiger partial charge on any atom is 0.346 e. The van der Waals surface area contributed by atoms with E-state index in [0.29, 0.717) is 8.95 Å². The fraction of sp³-hybridized carbons (Fsp3) is 0.222. The van der Waals surface area contributed by atoms with Gasteiger partial charge in [0.25, 0.3) is 5.69 Å². The number of benzene rings is 1. The fourth-order valence-electron chi connectivity index (χ4n) is 1.09. The average Bonchev–Trinajstić information content (AvgIpc) is 2.21. The third-order valence-electron chi connectivity index (χ3n) is 1.75. The Morgan fingerprint density at radius 1 is 1.50 bits per heavy atom. The molecule has 0 aliphatic rings. The molecule has 0 radical (unpaired) electrons. The Labute approximate surface area is 108 Å². The summed E-state index contributed by atoms with van der Waals surface area (Å²) in [6.45, 7) is 1.80. The molecule has 16 heavy (non-hydrogen) atoms. The molecule has 86 valence electrons. The van der Waals surface area contributed by atoms with Gasteiger partial charge in [0.05, 0.1) is 16.0 Å². The second-order valence-electron chi connectivity index (χ2n) is 2.73. The monoisotopic (exact) mass is 351 g/mol. The first-order chi connectivity index (χ1) is 7.49. The number of ether oxygens (including phenoxy) is 1. The number of halogens is 2. The molecule has 5 nitrogen and oxygen atoms in total. The van der Waals surface area contributed by atoms with Gasteiger partial charge in [-0.3, -0.25) is 10.1 Å². The van der Waals surface area contributed by atoms with Crippen molar-refractivity contribution in [1.82, 2.24) is 0 Å². The molecular formula is C9H7Br2NO4. The summed E-state index contributed by atoms with van der Waals surface area (Å²) in [4.78, 5) is 21.7. The minimum atomic E-state index is -0.720. The van der Waals surface area contributed by atoms with Crippen LogP contribution in [0.1, 0.15) is 17.3 Å². The number of hydrogen-bond acceptors (Lipinski definition) is 4. The lowest BCUT2D eigenvalue weighted by atomic mass is 10.2. The number of carbonyl (C=O) groups excluding carboxylic acids is 1. The molecule has 0 heterocycles. The van der Waals surface area contributed by atoms with Crippen LogP contribution in [0, 0.1) is 10.1 Å². The summed E-state index contributed by atoms with van der Waals surface area (Å²) in [5.41, 5.74) is -0.366. The second-order valence-corrected chi connectivity index (χ2v) is 4.38. The van der Waals surface area contributed by atoms with Crippen LogP contribution in [0.15, 0.2) is 21.1 Å². The Bertz CT molecular complexity index is 447. The average molecular weight is 353 g/mol. The summed E-state index contributed by atoms with van der Waals surface area (Å²) >= 11 is 6.29. The van der Waals surface area contributed by atoms with Crippen LogP contribution in [0.4, 0.5) is 5.69 Å². The van der Waals surface area contributed by atoms with Gasteiger partial charge in [0.1, 0.15) is 0 Å². The molecule has 0 N–H and O–H groups in total. The molecule has 1 rings (SSSR count). The lowest BCUT2D eigenvalue weighted by Gasteiger charge is -2.06. The summed E-state index contributed by atoms with van der Waals surface area (Å²) in [6, 6.07) is 2.74. The van der Waals surface area contributed by atoms with E-state index in [4.69, 9.17) is 4.74 Å². The van der Waals surface area contributed by atoms with E-state index >= 15 is 0 Å². The number of esters is 1. The van der Waals surface area contributed by atoms with Gasteiger partial charge in [0.2, 0.25) is 0 Å². The summed E-state index contributed by atoms with van der Waals surface area (Å²) in [7, 11) is 0. The Morgan fingerprint density at radius 3 is 2.62 bits per heavy atom. The molecule has 7 heteroatoms. The van der Waals surface area contributed by atoms with E-state index in [1.165, 1.54) is 12.1 Å². The standard InChI is InChI=1S/C9H7Br2NO4/c1-2-16-9(13)7-6(12(14)15)4-3-5(10)8(7)11/h3-4H,2H2,1H3. The largest absolute Gasteiger partial charge is 0.462 e. The third-order valence-corrected chi connectivity index (χ3v) is 3.77. The number of hydrogen-bond donors (Lipinski definition) is 0. The first-order valence-electron chi connectivity index (χ1n) is 4.28. The first-order valence-corrected chi connectivity index (χ1v) is 5.87. The van der Waals surface area contributed by atoms with Gasteiger partial charge in [-0.15, -0.1) is 0 Å². The lowest BCUT2D eigenvalue weighted by molar-refractivity contribution is -0.385. The molecule has 0 aliphatic carbocycles. The van der Waals surface area contributed by atoms with E-state index in [9.17, 15) is 14.9 Å². The van der Waals surface area contributed by atoms with E-state index in [1.54, 1.807) is 6.92 Å². The highest BCUT2D eigenvalue weighted by Crippen LogP contribution is 2.33. The summed E-state index contributed by atoms with van der Waals surface area (Å²) in [6.07, 6.45) is 0. The number of nitro groups is 1. The van der Waals surface area contributed by atoms with Crippen molar-refractivity contribution in [1.29, 1.82) is 0 Å². The summed E-state index contributed by atoms with van der Waals surface area (Å²) in [5, 5.41) is 10.8. The number of rotatable bonds is 3. The van der Waals surface area contributed by atoms with Crippen LogP contribution in [-0.4, -0.2) is 17.5 Å². The SMILES string of the molecule is CCOC(=O)c1c([N+](=O)[O-])ccc(Br)c1Br. The van der Waals surface area contributed by atoms with Crippen molar-refractivity contribution in [2.45, 2.75) is 6.92 Å². The lowest BCUT2D eigenvalue weighted by Crippen LogP contribution is -2.09. The minimum absolute atomic E-state index is 0.0822. The van der Waals surface area contributed by atoms with Gasteiger partial charge in [0.15, 0.2) is 5.56 Å². The molecule has 0 unspecified atom stereocenters. The van der Waals surface area contributed by atoms with Gasteiger partial charge >= 0.3 is 5.97 Å². The molecule has 0 atom stereocenters. The van der Waals surface area contributed by atoms with Gasteiger partial charge < -0.3 is 4.74 Å². The second kappa shape index (κ2) is 5.40. The molecule has 0 saturated heterocycles. The molecule has 0 aliphatic heterocycles. The van der Waals surface area contributed by atoms with Crippen LogP contribution in [0.25, 0.3) is 0 Å². The van der Waals surface area contributed by atoms with E-state index in [1.807, 2.05) is 0 Å². The number of carbonyl (C=O) groups is 1. The molecule has 0 fully saturated rings. The Balaban J connectivity index is 3.37. The number of nitrogens with zero attached hydrogens (tertiary/aromatic N) is 1. The van der Waals surface area contributed by atoms with Gasteiger partial charge in [-0.2, -0.15) is 0 Å². The van der Waals surface area contributed by atoms with Crippen molar-refractivity contribution >= 4 is 43.5 Å². The van der Waals surface area contributed by atoms with Crippen molar-refractivity contribution in [3.63, 3.8) is 0 Å². The van der Waals surface area contributed by atoms with Gasteiger partial charge in [-0.05, 0) is 44.8 Å². The summed E-state index contributed by atoms with van der Waals surface area (Å²) < 4.78 is 5.64. The molecule has 0 aromatic heterocycles. The van der Waals surface area contributed by atoms with Crippen molar-refractivity contribution in [3.8, 4) is 0 Å². The topological polar surface area (TPSA) is 69.4 Å². The molecule has 1 aromatic rings. The van der Waals surface area contributed by atoms with Crippen LogP contribution in [0.5, 0.6) is 0 Å². The van der Waals surface area contributed by atoms with E-state index in [2.05, 4.69) is 31.9 Å². The smallest absolute Gasteiger partial charge is 0.346 e. The van der Waals surface area contributed by atoms with Crippen LogP contribution in [-0.2, 0) is 4.74 Å². The van der Waals surface area contributed by atoms with Crippen LogP contribution < -0.4 is 0 Å². The predicted octanol–water partition coefficient (Wildman–Crippen LogP) is 3.30. The normalized spacial score (nSPS) is 9.94. The zero-order chi connectivity index (χ0) is 12.3. The highest BCUT2D eigenvalue weighted by Gasteiger charge is 2.25. The maximum absolute atomic E-state index is 11.6. The van der Waals surface area contributed by atoms with E-state index in [-0.39, 0.29) is 17.9 Å². The number of nitro benzene ring substituents is 1. The zero-order valence-corrected chi connectivity index (χ0v) is 11.4. The molecule has 1 aromatic carbocycles. The minimum Gasteiger partial charge on any atom is -0.462 e. The predicted molar refractivity (Wildman–Crippen MR) is 64.5 cm³/mol. The summed E-state index contributed by atoms with van der Waals surface area (Å²) in [5.74, 6) is -0.720. The Kier molecular flexibility index (Phi) is 4.43. The molecular weight excluding hydrogens is 346 g/mol. The highest BCUT2D eigenvalue weighted by molar-refractivity contribution is 9.13. The van der Waals surface area contributed by atoms with Crippen molar-refractivity contribution in [2.75, 3.05) is 6.61 Å². The molecule has 0 bridgehead atoms. The van der Waals surface area contributed by atoms with Gasteiger partial charge in [-0.1, -0.05) is 0 Å². The maximum atomic E-state index is 11.6. The Hall–Kier alpha value is -0.950. The Morgan fingerprint density at radius 2 is 2.12 bits per heavy atom. The molecule has 0 spiro atoms. The highest BCUT2D eigenvalue weighted by atomic mass is 79.9. The quantitative estimate of drug-likeness (QED) is 0.475. The van der Waals surface area contributed by atoms with Crippen LogP contribution >= 0.6 is 31.9 Å².